The van der Waals surface area contributed by atoms with E-state index in [4.69, 9.17) is 10.5 Å². The molecule has 21 heavy (non-hydrogen) atoms. The highest BCUT2D eigenvalue weighted by atomic mass is 16.5. The monoisotopic (exact) mass is 288 g/mol. The predicted octanol–water partition coefficient (Wildman–Crippen LogP) is 1.17. The standard InChI is InChI=1S/C14H16N4O3/c1-3-21-10-6-4-9(5-7-10)14(20)17-11-8-16-18(2)12(11)13(15)19/h4-8H,3H2,1-2H3,(H2,15,19)(H,17,20). The fourth-order valence-corrected chi connectivity index (χ4v) is 1.88. The van der Waals surface area contributed by atoms with Crippen LogP contribution in [-0.4, -0.2) is 28.2 Å². The number of hydrogen-bond acceptors (Lipinski definition) is 4. The first-order valence-corrected chi connectivity index (χ1v) is 6.39. The summed E-state index contributed by atoms with van der Waals surface area (Å²) in [6, 6.07) is 6.69. The summed E-state index contributed by atoms with van der Waals surface area (Å²) in [5, 5.41) is 6.52. The van der Waals surface area contributed by atoms with Crippen LogP contribution in [0.4, 0.5) is 5.69 Å². The normalized spacial score (nSPS) is 10.2. The average Bonchev–Trinajstić information content (AvgIpc) is 2.81. The quantitative estimate of drug-likeness (QED) is 0.862. The van der Waals surface area contributed by atoms with Crippen molar-refractivity contribution in [1.82, 2.24) is 9.78 Å². The molecule has 110 valence electrons. The molecule has 0 saturated carbocycles. The lowest BCUT2D eigenvalue weighted by Crippen LogP contribution is -2.20. The van der Waals surface area contributed by atoms with Crippen molar-refractivity contribution in [3.05, 3.63) is 41.7 Å². The predicted molar refractivity (Wildman–Crippen MR) is 77.3 cm³/mol. The smallest absolute Gasteiger partial charge is 0.269 e. The van der Waals surface area contributed by atoms with Crippen molar-refractivity contribution in [2.24, 2.45) is 12.8 Å². The summed E-state index contributed by atoms with van der Waals surface area (Å²) in [6.07, 6.45) is 1.38. The third-order valence-corrected chi connectivity index (χ3v) is 2.85. The van der Waals surface area contributed by atoms with E-state index in [0.717, 1.165) is 0 Å². The van der Waals surface area contributed by atoms with Crippen molar-refractivity contribution in [3.63, 3.8) is 0 Å². The zero-order valence-corrected chi connectivity index (χ0v) is 11.8. The van der Waals surface area contributed by atoms with Crippen LogP contribution in [0.3, 0.4) is 0 Å². The molecule has 0 unspecified atom stereocenters. The summed E-state index contributed by atoms with van der Waals surface area (Å²) in [5.41, 5.74) is 6.13. The third-order valence-electron chi connectivity index (χ3n) is 2.85. The Hall–Kier alpha value is -2.83. The highest BCUT2D eigenvalue weighted by Crippen LogP contribution is 2.16. The molecule has 7 nitrogen and oxygen atoms in total. The summed E-state index contributed by atoms with van der Waals surface area (Å²) in [6.45, 7) is 2.44. The Bertz CT molecular complexity index is 661. The van der Waals surface area contributed by atoms with Gasteiger partial charge in [-0.25, -0.2) is 0 Å². The molecule has 0 radical (unpaired) electrons. The van der Waals surface area contributed by atoms with Crippen LogP contribution in [0.5, 0.6) is 5.75 Å². The van der Waals surface area contributed by atoms with Gasteiger partial charge in [-0.15, -0.1) is 0 Å². The number of amides is 2. The van der Waals surface area contributed by atoms with E-state index < -0.39 is 5.91 Å². The van der Waals surface area contributed by atoms with Gasteiger partial charge in [0.25, 0.3) is 11.8 Å². The van der Waals surface area contributed by atoms with Crippen LogP contribution in [0, 0.1) is 0 Å². The lowest BCUT2D eigenvalue weighted by Gasteiger charge is -2.06. The molecule has 0 saturated heterocycles. The summed E-state index contributed by atoms with van der Waals surface area (Å²) in [7, 11) is 1.58. The van der Waals surface area contributed by atoms with Crippen LogP contribution in [0.1, 0.15) is 27.8 Å². The summed E-state index contributed by atoms with van der Waals surface area (Å²) in [5.74, 6) is -0.321. The maximum Gasteiger partial charge on any atom is 0.269 e. The van der Waals surface area contributed by atoms with Crippen LogP contribution < -0.4 is 15.8 Å². The topological polar surface area (TPSA) is 99.2 Å². The number of benzene rings is 1. The number of carbonyl (C=O) groups is 2. The second kappa shape index (κ2) is 6.08. The second-order valence-corrected chi connectivity index (χ2v) is 4.31. The Labute approximate surface area is 121 Å². The lowest BCUT2D eigenvalue weighted by atomic mass is 10.2. The van der Waals surface area contributed by atoms with Gasteiger partial charge in [-0.05, 0) is 31.2 Å². The van der Waals surface area contributed by atoms with E-state index in [9.17, 15) is 9.59 Å². The van der Waals surface area contributed by atoms with Gasteiger partial charge >= 0.3 is 0 Å². The second-order valence-electron chi connectivity index (χ2n) is 4.31. The highest BCUT2D eigenvalue weighted by Gasteiger charge is 2.16. The van der Waals surface area contributed by atoms with Gasteiger partial charge in [-0.1, -0.05) is 0 Å². The Morgan fingerprint density at radius 3 is 2.57 bits per heavy atom. The first-order chi connectivity index (χ1) is 10.0. The van der Waals surface area contributed by atoms with Crippen LogP contribution in [0.15, 0.2) is 30.5 Å². The van der Waals surface area contributed by atoms with Gasteiger partial charge in [-0.3, -0.25) is 14.3 Å². The first kappa shape index (κ1) is 14.6. The number of nitrogens with one attached hydrogen (secondary N) is 1. The number of primary amides is 1. The average molecular weight is 288 g/mol. The largest absolute Gasteiger partial charge is 0.494 e. The zero-order chi connectivity index (χ0) is 15.4. The molecular formula is C14H16N4O3. The Balaban J connectivity index is 2.16. The number of nitrogens with zero attached hydrogens (tertiary/aromatic N) is 2. The highest BCUT2D eigenvalue weighted by molar-refractivity contribution is 6.08. The number of ether oxygens (including phenoxy) is 1. The fraction of sp³-hybridized carbons (Fsp3) is 0.214. The van der Waals surface area contributed by atoms with E-state index >= 15 is 0 Å². The van der Waals surface area contributed by atoms with E-state index in [1.54, 1.807) is 31.3 Å². The van der Waals surface area contributed by atoms with Gasteiger partial charge in [0, 0.05) is 12.6 Å². The minimum atomic E-state index is -0.656. The van der Waals surface area contributed by atoms with E-state index in [-0.39, 0.29) is 17.3 Å². The molecule has 0 spiro atoms. The molecule has 0 aliphatic heterocycles. The van der Waals surface area contributed by atoms with Crippen molar-refractivity contribution >= 4 is 17.5 Å². The van der Waals surface area contributed by atoms with Gasteiger partial charge in [-0.2, -0.15) is 5.10 Å². The minimum Gasteiger partial charge on any atom is -0.494 e. The van der Waals surface area contributed by atoms with E-state index in [1.807, 2.05) is 6.92 Å². The van der Waals surface area contributed by atoms with Crippen LogP contribution in [-0.2, 0) is 7.05 Å². The molecule has 0 bridgehead atoms. The van der Waals surface area contributed by atoms with E-state index in [2.05, 4.69) is 10.4 Å². The summed E-state index contributed by atoms with van der Waals surface area (Å²) < 4.78 is 6.62. The molecule has 0 aliphatic carbocycles. The number of nitrogens with two attached hydrogens (primary N) is 1. The molecule has 0 fully saturated rings. The SMILES string of the molecule is CCOc1ccc(C(=O)Nc2cnn(C)c2C(N)=O)cc1. The van der Waals surface area contributed by atoms with E-state index in [1.165, 1.54) is 10.9 Å². The maximum absolute atomic E-state index is 12.1. The van der Waals surface area contributed by atoms with E-state index in [0.29, 0.717) is 17.9 Å². The molecule has 0 atom stereocenters. The molecule has 2 amide bonds. The first-order valence-electron chi connectivity index (χ1n) is 6.39. The summed E-state index contributed by atoms with van der Waals surface area (Å²) in [4.78, 5) is 23.5. The molecule has 3 N–H and O–H groups in total. The van der Waals surface area contributed by atoms with Crippen LogP contribution in [0.2, 0.25) is 0 Å². The number of aryl methyl sites for hydroxylation is 1. The lowest BCUT2D eigenvalue weighted by molar-refractivity contribution is 0.0992. The number of rotatable bonds is 5. The Kier molecular flexibility index (Phi) is 4.22. The van der Waals surface area contributed by atoms with Crippen molar-refractivity contribution < 1.29 is 14.3 Å². The number of carbonyl (C=O) groups excluding carboxylic acids is 2. The fourth-order valence-electron chi connectivity index (χ4n) is 1.88. The molecule has 2 rings (SSSR count). The van der Waals surface area contributed by atoms with Crippen molar-refractivity contribution in [2.45, 2.75) is 6.92 Å². The number of aromatic nitrogens is 2. The van der Waals surface area contributed by atoms with Gasteiger partial charge in [0.15, 0.2) is 0 Å². The minimum absolute atomic E-state index is 0.147. The van der Waals surface area contributed by atoms with Gasteiger partial charge in [0.2, 0.25) is 0 Å². The van der Waals surface area contributed by atoms with Crippen molar-refractivity contribution in [2.75, 3.05) is 11.9 Å². The van der Waals surface area contributed by atoms with Crippen molar-refractivity contribution in [3.8, 4) is 5.75 Å². The van der Waals surface area contributed by atoms with Crippen molar-refractivity contribution in [1.29, 1.82) is 0 Å². The molecule has 0 aliphatic rings. The molecule has 1 aromatic heterocycles. The van der Waals surface area contributed by atoms with Gasteiger partial charge in [0.05, 0.1) is 18.5 Å². The molecule has 2 aromatic rings. The summed E-state index contributed by atoms with van der Waals surface area (Å²) >= 11 is 0. The molecule has 7 heteroatoms. The Morgan fingerprint density at radius 1 is 1.33 bits per heavy atom. The van der Waals surface area contributed by atoms with Crippen LogP contribution in [0.25, 0.3) is 0 Å². The Morgan fingerprint density at radius 2 is 2.00 bits per heavy atom. The third kappa shape index (κ3) is 3.19. The number of hydrogen-bond donors (Lipinski definition) is 2. The van der Waals surface area contributed by atoms with Gasteiger partial charge < -0.3 is 15.8 Å². The maximum atomic E-state index is 12.1. The molecule has 1 aromatic carbocycles. The van der Waals surface area contributed by atoms with Gasteiger partial charge in [0.1, 0.15) is 11.4 Å². The number of anilines is 1. The molecule has 1 heterocycles. The molecular weight excluding hydrogens is 272 g/mol. The van der Waals surface area contributed by atoms with Crippen LogP contribution >= 0.6 is 0 Å². The zero-order valence-electron chi connectivity index (χ0n) is 11.8.